The fourth-order valence-electron chi connectivity index (χ4n) is 4.88. The molecule has 1 aliphatic heterocycles. The Morgan fingerprint density at radius 2 is 1.33 bits per heavy atom. The van der Waals surface area contributed by atoms with Crippen molar-refractivity contribution in [2.24, 2.45) is 0 Å². The van der Waals surface area contributed by atoms with Crippen LogP contribution in [0.5, 0.6) is 0 Å². The van der Waals surface area contributed by atoms with E-state index < -0.39 is 39.2 Å². The first-order valence-electron chi connectivity index (χ1n) is 9.39. The zero-order chi connectivity index (χ0) is 18.8. The van der Waals surface area contributed by atoms with Crippen molar-refractivity contribution in [3.8, 4) is 0 Å². The van der Waals surface area contributed by atoms with Gasteiger partial charge in [-0.3, -0.25) is 0 Å². The molecule has 1 rings (SSSR count). The molecule has 0 bridgehead atoms. The molecular weight excluding hydrogens is 599 g/mol. The molecule has 0 saturated carbocycles. The quantitative estimate of drug-likeness (QED) is 0.196. The van der Waals surface area contributed by atoms with E-state index in [1.165, 1.54) is 34.6 Å². The first-order valence-corrected chi connectivity index (χ1v) is 32.2. The van der Waals surface area contributed by atoms with Gasteiger partial charge in [0.25, 0.3) is 0 Å². The third-order valence-corrected chi connectivity index (χ3v) is 112. The molecule has 0 radical (unpaired) electrons. The van der Waals surface area contributed by atoms with E-state index in [0.717, 1.165) is 0 Å². The van der Waals surface area contributed by atoms with Gasteiger partial charge >= 0.3 is 176 Å². The number of unbranched alkanes of at least 4 members (excludes halogenated alkanes) is 2. The second-order valence-electron chi connectivity index (χ2n) is 7.93. The van der Waals surface area contributed by atoms with Gasteiger partial charge in [0.15, 0.2) is 0 Å². The third kappa shape index (κ3) is 4.48. The van der Waals surface area contributed by atoms with E-state index in [2.05, 4.69) is 41.5 Å². The predicted molar refractivity (Wildman–Crippen MR) is 116 cm³/mol. The number of rotatable bonds is 8. The van der Waals surface area contributed by atoms with Crippen molar-refractivity contribution in [2.45, 2.75) is 97.3 Å². The molecule has 0 aliphatic carbocycles. The van der Waals surface area contributed by atoms with E-state index >= 15 is 0 Å². The molecule has 1 nitrogen and oxygen atoms in total. The van der Waals surface area contributed by atoms with E-state index in [1.807, 2.05) is 0 Å². The van der Waals surface area contributed by atoms with Crippen LogP contribution in [0, 0.1) is 0 Å². The van der Waals surface area contributed by atoms with Crippen LogP contribution in [0.2, 0.25) is 16.7 Å². The summed E-state index contributed by atoms with van der Waals surface area (Å²) in [5.41, 5.74) is 0. The summed E-state index contributed by atoms with van der Waals surface area (Å²) < 4.78 is 9.10. The summed E-state index contributed by atoms with van der Waals surface area (Å²) in [6.07, 6.45) is 4.89. The van der Waals surface area contributed by atoms with Crippen LogP contribution in [0.15, 0.2) is 0 Å². The van der Waals surface area contributed by atoms with Crippen LogP contribution < -0.4 is 0 Å². The molecule has 0 N–H and O–H groups in total. The maximum atomic E-state index is 7.18. The van der Waals surface area contributed by atoms with Crippen LogP contribution >= 0.6 is 46.4 Å². The topological polar surface area (TPSA) is 9.23 Å². The van der Waals surface area contributed by atoms with Crippen LogP contribution in [0.1, 0.15) is 67.2 Å². The summed E-state index contributed by atoms with van der Waals surface area (Å²) in [4.78, 5) is 0. The summed E-state index contributed by atoms with van der Waals surface area (Å²) in [7, 11) is 0. The SMILES string of the molecule is CCC[CH2][Sn]1([CH2]CCC)[CH](Cl)C(Cl)C(Cl)(Cl)[O][Sn]1([CH](C)C)[CH](C)C. The zero-order valence-corrected chi connectivity index (χ0v) is 24.7. The van der Waals surface area contributed by atoms with Crippen LogP contribution in [-0.4, -0.2) is 42.6 Å². The van der Waals surface area contributed by atoms with Crippen molar-refractivity contribution in [2.75, 3.05) is 0 Å². The minimum absolute atomic E-state index is 0.0246. The van der Waals surface area contributed by atoms with E-state index in [4.69, 9.17) is 49.5 Å². The molecule has 0 aromatic heterocycles. The molecule has 1 heterocycles. The Morgan fingerprint density at radius 1 is 0.917 bits per heavy atom. The minimum atomic E-state index is -3.18. The van der Waals surface area contributed by atoms with Gasteiger partial charge in [0.2, 0.25) is 0 Å². The average Bonchev–Trinajstić information content (AvgIpc) is 2.50. The molecule has 0 aromatic rings. The number of alkyl halides is 4. The Bertz CT molecular complexity index is 388. The second-order valence-corrected chi connectivity index (χ2v) is 68.2. The van der Waals surface area contributed by atoms with Crippen LogP contribution in [0.3, 0.4) is 0 Å². The number of halogens is 4. The molecule has 24 heavy (non-hydrogen) atoms. The van der Waals surface area contributed by atoms with Crippen molar-refractivity contribution in [3.63, 3.8) is 0 Å². The van der Waals surface area contributed by atoms with Gasteiger partial charge in [-0.05, 0) is 0 Å². The van der Waals surface area contributed by atoms with Gasteiger partial charge in [0.1, 0.15) is 0 Å². The van der Waals surface area contributed by atoms with Gasteiger partial charge in [-0.15, -0.1) is 0 Å². The molecule has 1 aliphatic rings. The van der Waals surface area contributed by atoms with Crippen molar-refractivity contribution in [1.82, 2.24) is 0 Å². The van der Waals surface area contributed by atoms with Crippen molar-refractivity contribution in [3.05, 3.63) is 0 Å². The number of hydrogen-bond acceptors (Lipinski definition) is 1. The van der Waals surface area contributed by atoms with Gasteiger partial charge < -0.3 is 0 Å². The third-order valence-electron chi connectivity index (χ3n) is 5.86. The van der Waals surface area contributed by atoms with Crippen LogP contribution in [-0.2, 0) is 3.07 Å². The first kappa shape index (κ1) is 24.8. The van der Waals surface area contributed by atoms with E-state index in [0.29, 0.717) is 7.87 Å². The van der Waals surface area contributed by atoms with Crippen molar-refractivity contribution in [1.29, 1.82) is 0 Å². The fraction of sp³-hybridized carbons (Fsp3) is 1.00. The van der Waals surface area contributed by atoms with E-state index in [9.17, 15) is 0 Å². The second kappa shape index (κ2) is 9.96. The van der Waals surface area contributed by atoms with Crippen LogP contribution in [0.25, 0.3) is 0 Å². The molecule has 144 valence electrons. The van der Waals surface area contributed by atoms with E-state index in [-0.39, 0.29) is 3.39 Å². The first-order chi connectivity index (χ1) is 11.0. The van der Waals surface area contributed by atoms with Crippen LogP contribution in [0.4, 0.5) is 0 Å². The van der Waals surface area contributed by atoms with Gasteiger partial charge in [0, 0.05) is 0 Å². The summed E-state index contributed by atoms with van der Waals surface area (Å²) in [5, 5.41) is -0.491. The van der Waals surface area contributed by atoms with Gasteiger partial charge in [-0.1, -0.05) is 0 Å². The molecule has 2 atom stereocenters. The monoisotopic (exact) mass is 634 g/mol. The summed E-state index contributed by atoms with van der Waals surface area (Å²) >= 11 is 21.0. The molecule has 1 fully saturated rings. The maximum absolute atomic E-state index is 7.18. The normalized spacial score (nSPS) is 28.5. The van der Waals surface area contributed by atoms with Crippen molar-refractivity contribution < 1.29 is 3.07 Å². The molecule has 7 heteroatoms. The summed E-state index contributed by atoms with van der Waals surface area (Å²) in [6, 6.07) is 0. The summed E-state index contributed by atoms with van der Waals surface area (Å²) in [5.74, 6) is 0. The Kier molecular flexibility index (Phi) is 10.3. The zero-order valence-electron chi connectivity index (χ0n) is 16.0. The fourth-order valence-corrected chi connectivity index (χ4v) is 135. The molecule has 0 aromatic carbocycles. The van der Waals surface area contributed by atoms with Gasteiger partial charge in [-0.2, -0.15) is 0 Å². The Hall–Kier alpha value is 2.72. The number of hydrogen-bond donors (Lipinski definition) is 0. The Balaban J connectivity index is 3.57. The van der Waals surface area contributed by atoms with Crippen molar-refractivity contribution >= 4 is 75.7 Å². The van der Waals surface area contributed by atoms with E-state index in [1.54, 1.807) is 0 Å². The predicted octanol–water partition coefficient (Wildman–Crippen LogP) is 7.79. The molecule has 2 unspecified atom stereocenters. The van der Waals surface area contributed by atoms with Gasteiger partial charge in [-0.25, -0.2) is 0 Å². The standard InChI is InChI=1S/2C4H9.C3H2Cl4O.2C3H7.2Sn/c2*1-3-4-2;4-1-2(5)3(6,7)8;2*1-3-2;;/h2*1,3-4H2,2H3;1-2H;2*3H,1-2H3;;/q;;-1;;;;+1. The molecule has 0 spiro atoms. The Labute approximate surface area is 174 Å². The molecule has 1 saturated heterocycles. The van der Waals surface area contributed by atoms with Gasteiger partial charge in [0.05, 0.1) is 0 Å². The summed E-state index contributed by atoms with van der Waals surface area (Å²) in [6.45, 7) is 13.9. The Morgan fingerprint density at radius 3 is 1.67 bits per heavy atom. The molecule has 0 amide bonds. The molecular formula is C17H34Cl4OSn2. The average molecular weight is 634 g/mol.